The molecular formula is C16H14BrClFNO. The predicted octanol–water partition coefficient (Wildman–Crippen LogP) is 4.52. The van der Waals surface area contributed by atoms with E-state index >= 15 is 0 Å². The average Bonchev–Trinajstić information content (AvgIpc) is 2.47. The van der Waals surface area contributed by atoms with Crippen molar-refractivity contribution in [3.8, 4) is 0 Å². The Morgan fingerprint density at radius 3 is 2.52 bits per heavy atom. The Bertz CT molecular complexity index is 621. The van der Waals surface area contributed by atoms with Gasteiger partial charge in [-0.3, -0.25) is 4.79 Å². The fourth-order valence-electron chi connectivity index (χ4n) is 1.99. The van der Waals surface area contributed by atoms with Gasteiger partial charge in [0, 0.05) is 23.4 Å². The van der Waals surface area contributed by atoms with Crippen LogP contribution in [0.3, 0.4) is 0 Å². The van der Waals surface area contributed by atoms with E-state index in [0.29, 0.717) is 18.4 Å². The van der Waals surface area contributed by atoms with Gasteiger partial charge < -0.3 is 4.90 Å². The van der Waals surface area contributed by atoms with Crippen LogP contribution in [0.5, 0.6) is 0 Å². The summed E-state index contributed by atoms with van der Waals surface area (Å²) in [6, 6.07) is 13.7. The third kappa shape index (κ3) is 4.29. The fourth-order valence-corrected chi connectivity index (χ4v) is 2.58. The summed E-state index contributed by atoms with van der Waals surface area (Å²) in [5.74, 6) is -0.937. The van der Waals surface area contributed by atoms with Crippen molar-refractivity contribution in [2.24, 2.45) is 0 Å². The number of nitrogens with zero attached hydrogens (tertiary/aromatic N) is 1. The maximum Gasteiger partial charge on any atom is 0.257 e. The van der Waals surface area contributed by atoms with Crippen LogP contribution in [0.25, 0.3) is 0 Å². The lowest BCUT2D eigenvalue weighted by atomic mass is 10.1. The van der Waals surface area contributed by atoms with Gasteiger partial charge >= 0.3 is 0 Å². The lowest BCUT2D eigenvalue weighted by molar-refractivity contribution is 0.0750. The van der Waals surface area contributed by atoms with E-state index in [9.17, 15) is 9.18 Å². The fraction of sp³-hybridized carbons (Fsp3) is 0.188. The minimum absolute atomic E-state index is 0.0382. The minimum Gasteiger partial charge on any atom is -0.333 e. The standard InChI is InChI=1S/C16H14BrClFNO/c17-8-9-20(11-12-4-2-1-3-5-12)16(21)14-7-6-13(18)10-15(14)19/h1-7,10H,8-9,11H2. The highest BCUT2D eigenvalue weighted by Crippen LogP contribution is 2.17. The molecule has 0 fully saturated rings. The minimum atomic E-state index is -0.597. The third-order valence-corrected chi connectivity index (χ3v) is 3.61. The summed E-state index contributed by atoms with van der Waals surface area (Å²) in [4.78, 5) is 14.1. The van der Waals surface area contributed by atoms with Crippen molar-refractivity contribution in [2.75, 3.05) is 11.9 Å². The van der Waals surface area contributed by atoms with Crippen LogP contribution in [-0.4, -0.2) is 22.7 Å². The van der Waals surface area contributed by atoms with Crippen LogP contribution in [0.2, 0.25) is 5.02 Å². The van der Waals surface area contributed by atoms with Crippen molar-refractivity contribution in [1.82, 2.24) is 4.90 Å². The van der Waals surface area contributed by atoms with Crippen LogP contribution in [-0.2, 0) is 6.54 Å². The van der Waals surface area contributed by atoms with E-state index in [0.717, 1.165) is 11.6 Å². The SMILES string of the molecule is O=C(c1ccc(Cl)cc1F)N(CCBr)Cc1ccccc1. The summed E-state index contributed by atoms with van der Waals surface area (Å²) < 4.78 is 13.9. The summed E-state index contributed by atoms with van der Waals surface area (Å²) in [5.41, 5.74) is 1.04. The molecule has 0 bridgehead atoms. The molecule has 2 rings (SSSR count). The smallest absolute Gasteiger partial charge is 0.257 e. The Kier molecular flexibility index (Phi) is 5.76. The van der Waals surface area contributed by atoms with Gasteiger partial charge in [0.1, 0.15) is 5.82 Å². The molecule has 0 aliphatic heterocycles. The lowest BCUT2D eigenvalue weighted by Gasteiger charge is -2.22. The van der Waals surface area contributed by atoms with Crippen LogP contribution >= 0.6 is 27.5 Å². The van der Waals surface area contributed by atoms with Crippen molar-refractivity contribution in [2.45, 2.75) is 6.54 Å². The topological polar surface area (TPSA) is 20.3 Å². The molecule has 2 aromatic carbocycles. The first-order valence-corrected chi connectivity index (χ1v) is 7.96. The Labute approximate surface area is 136 Å². The van der Waals surface area contributed by atoms with E-state index in [1.165, 1.54) is 12.1 Å². The highest BCUT2D eigenvalue weighted by atomic mass is 79.9. The molecule has 0 N–H and O–H groups in total. The van der Waals surface area contributed by atoms with Gasteiger partial charge in [-0.1, -0.05) is 57.9 Å². The van der Waals surface area contributed by atoms with Crippen LogP contribution in [0.4, 0.5) is 4.39 Å². The molecule has 0 radical (unpaired) electrons. The lowest BCUT2D eigenvalue weighted by Crippen LogP contribution is -2.32. The monoisotopic (exact) mass is 369 g/mol. The molecule has 0 unspecified atom stereocenters. The van der Waals surface area contributed by atoms with Crippen LogP contribution in [0.15, 0.2) is 48.5 Å². The summed E-state index contributed by atoms with van der Waals surface area (Å²) in [6.45, 7) is 0.934. The molecule has 2 aromatic rings. The first-order chi connectivity index (χ1) is 10.1. The Hall–Kier alpha value is -1.39. The van der Waals surface area contributed by atoms with Crippen molar-refractivity contribution >= 4 is 33.4 Å². The predicted molar refractivity (Wildman–Crippen MR) is 86.4 cm³/mol. The maximum atomic E-state index is 13.9. The van der Waals surface area contributed by atoms with E-state index in [-0.39, 0.29) is 16.5 Å². The third-order valence-electron chi connectivity index (χ3n) is 3.02. The van der Waals surface area contributed by atoms with Gasteiger partial charge in [0.2, 0.25) is 0 Å². The van der Waals surface area contributed by atoms with Crippen LogP contribution in [0, 0.1) is 5.82 Å². The molecule has 0 saturated carbocycles. The summed E-state index contributed by atoms with van der Waals surface area (Å²) >= 11 is 9.05. The molecule has 21 heavy (non-hydrogen) atoms. The Morgan fingerprint density at radius 2 is 1.90 bits per heavy atom. The molecule has 0 atom stereocenters. The second kappa shape index (κ2) is 7.57. The molecule has 5 heteroatoms. The van der Waals surface area contributed by atoms with Gasteiger partial charge in [0.05, 0.1) is 5.56 Å². The first-order valence-electron chi connectivity index (χ1n) is 6.46. The largest absolute Gasteiger partial charge is 0.333 e. The number of carbonyl (C=O) groups is 1. The molecule has 0 saturated heterocycles. The maximum absolute atomic E-state index is 13.9. The highest BCUT2D eigenvalue weighted by molar-refractivity contribution is 9.09. The zero-order valence-electron chi connectivity index (χ0n) is 11.2. The highest BCUT2D eigenvalue weighted by Gasteiger charge is 2.19. The quantitative estimate of drug-likeness (QED) is 0.709. The number of benzene rings is 2. The van der Waals surface area contributed by atoms with Gasteiger partial charge in [-0.2, -0.15) is 0 Å². The second-order valence-corrected chi connectivity index (χ2v) is 5.75. The summed E-state index contributed by atoms with van der Waals surface area (Å²) in [6.07, 6.45) is 0. The molecule has 0 aliphatic carbocycles. The number of hydrogen-bond donors (Lipinski definition) is 0. The first kappa shape index (κ1) is 16.0. The molecule has 0 aliphatic rings. The van der Waals surface area contributed by atoms with Crippen molar-refractivity contribution < 1.29 is 9.18 Å². The van der Waals surface area contributed by atoms with Gasteiger partial charge in [0.25, 0.3) is 5.91 Å². The molecule has 1 amide bonds. The van der Waals surface area contributed by atoms with Gasteiger partial charge in [0.15, 0.2) is 0 Å². The zero-order valence-corrected chi connectivity index (χ0v) is 13.6. The average molecular weight is 371 g/mol. The molecule has 0 heterocycles. The van der Waals surface area contributed by atoms with E-state index in [2.05, 4.69) is 15.9 Å². The number of carbonyl (C=O) groups excluding carboxylic acids is 1. The summed E-state index contributed by atoms with van der Waals surface area (Å²) in [5, 5.41) is 0.903. The molecule has 0 aromatic heterocycles. The van der Waals surface area contributed by atoms with Gasteiger partial charge in [-0.25, -0.2) is 4.39 Å². The molecule has 0 spiro atoms. The van der Waals surface area contributed by atoms with Crippen molar-refractivity contribution in [1.29, 1.82) is 0 Å². The Morgan fingerprint density at radius 1 is 1.19 bits per heavy atom. The van der Waals surface area contributed by atoms with Gasteiger partial charge in [-0.05, 0) is 23.8 Å². The van der Waals surface area contributed by atoms with E-state index in [1.54, 1.807) is 4.90 Å². The number of amides is 1. The van der Waals surface area contributed by atoms with E-state index in [4.69, 9.17) is 11.6 Å². The number of rotatable bonds is 5. The molecule has 2 nitrogen and oxygen atoms in total. The summed E-state index contributed by atoms with van der Waals surface area (Å²) in [7, 11) is 0. The second-order valence-electron chi connectivity index (χ2n) is 4.53. The van der Waals surface area contributed by atoms with E-state index < -0.39 is 5.82 Å². The number of hydrogen-bond acceptors (Lipinski definition) is 1. The zero-order chi connectivity index (χ0) is 15.2. The van der Waals surface area contributed by atoms with E-state index in [1.807, 2.05) is 30.3 Å². The van der Waals surface area contributed by atoms with Crippen LogP contribution < -0.4 is 0 Å². The van der Waals surface area contributed by atoms with Crippen molar-refractivity contribution in [3.05, 3.63) is 70.5 Å². The van der Waals surface area contributed by atoms with Gasteiger partial charge in [-0.15, -0.1) is 0 Å². The normalized spacial score (nSPS) is 10.4. The molecular weight excluding hydrogens is 357 g/mol. The number of halogens is 3. The number of alkyl halides is 1. The van der Waals surface area contributed by atoms with Crippen LogP contribution in [0.1, 0.15) is 15.9 Å². The molecule has 110 valence electrons. The van der Waals surface area contributed by atoms with Crippen molar-refractivity contribution in [3.63, 3.8) is 0 Å². The Balaban J connectivity index is 2.23.